The Morgan fingerprint density at radius 2 is 2.00 bits per heavy atom. The van der Waals surface area contributed by atoms with Gasteiger partial charge in [0.25, 0.3) is 5.91 Å². The van der Waals surface area contributed by atoms with Crippen molar-refractivity contribution in [3.63, 3.8) is 0 Å². The lowest BCUT2D eigenvalue weighted by atomic mass is 9.98. The summed E-state index contributed by atoms with van der Waals surface area (Å²) >= 11 is 0. The lowest BCUT2D eigenvalue weighted by molar-refractivity contribution is -0.147. The molecule has 8 heteroatoms. The van der Waals surface area contributed by atoms with E-state index in [4.69, 9.17) is 0 Å². The average molecular weight is 369 g/mol. The van der Waals surface area contributed by atoms with Crippen molar-refractivity contribution in [2.45, 2.75) is 58.0 Å². The van der Waals surface area contributed by atoms with E-state index in [1.807, 2.05) is 0 Å². The van der Waals surface area contributed by atoms with Crippen LogP contribution in [0.1, 0.15) is 56.3 Å². The Kier molecular flexibility index (Phi) is 4.29. The van der Waals surface area contributed by atoms with E-state index in [1.165, 1.54) is 18.2 Å². The fourth-order valence-electron chi connectivity index (χ4n) is 3.55. The van der Waals surface area contributed by atoms with Gasteiger partial charge in [-0.1, -0.05) is 0 Å². The molecule has 0 unspecified atom stereocenters. The molecule has 1 aliphatic heterocycles. The third kappa shape index (κ3) is 2.86. The molecule has 0 aliphatic carbocycles. The average Bonchev–Trinajstić information content (AvgIpc) is 3.04. The monoisotopic (exact) mass is 369 g/mol. The van der Waals surface area contributed by atoms with Crippen molar-refractivity contribution in [2.75, 3.05) is 6.54 Å². The van der Waals surface area contributed by atoms with Crippen LogP contribution in [0.4, 0.5) is 13.2 Å². The van der Waals surface area contributed by atoms with Crippen LogP contribution in [0.5, 0.6) is 0 Å². The second-order valence-corrected chi connectivity index (χ2v) is 7.52. The van der Waals surface area contributed by atoms with Gasteiger partial charge in [-0.2, -0.15) is 13.2 Å². The van der Waals surface area contributed by atoms with Crippen LogP contribution in [0, 0.1) is 0 Å². The number of nitrogens with zero attached hydrogens (tertiary/aromatic N) is 3. The molecule has 1 atom stereocenters. The maximum atomic E-state index is 13.3. The van der Waals surface area contributed by atoms with Crippen molar-refractivity contribution in [1.29, 1.82) is 0 Å². The Morgan fingerprint density at radius 1 is 1.35 bits per heavy atom. The van der Waals surface area contributed by atoms with Crippen LogP contribution >= 0.6 is 0 Å². The molecule has 2 aromatic rings. The fourth-order valence-corrected chi connectivity index (χ4v) is 3.55. The first-order valence-corrected chi connectivity index (χ1v) is 8.53. The van der Waals surface area contributed by atoms with E-state index in [9.17, 15) is 23.1 Å². The molecule has 2 heterocycles. The Labute approximate surface area is 149 Å². The summed E-state index contributed by atoms with van der Waals surface area (Å²) in [5.74, 6) is -1.29. The summed E-state index contributed by atoms with van der Waals surface area (Å²) in [4.78, 5) is 18.1. The van der Waals surface area contributed by atoms with Crippen LogP contribution in [-0.2, 0) is 6.18 Å². The van der Waals surface area contributed by atoms with Crippen LogP contribution < -0.4 is 0 Å². The van der Waals surface area contributed by atoms with Crippen molar-refractivity contribution in [3.8, 4) is 0 Å². The molecule has 1 aliphatic rings. The zero-order chi connectivity index (χ0) is 19.4. The van der Waals surface area contributed by atoms with Crippen molar-refractivity contribution >= 4 is 16.9 Å². The summed E-state index contributed by atoms with van der Waals surface area (Å²) < 4.78 is 41.1. The normalized spacial score (nSPS) is 20.3. The summed E-state index contributed by atoms with van der Waals surface area (Å²) in [7, 11) is 0. The Hall–Kier alpha value is -2.09. The predicted molar refractivity (Wildman–Crippen MR) is 90.9 cm³/mol. The number of aromatic nitrogens is 2. The Balaban J connectivity index is 2.07. The number of alkyl halides is 3. The first-order chi connectivity index (χ1) is 11.9. The minimum atomic E-state index is -4.57. The number of benzene rings is 1. The number of hydrogen-bond donors (Lipinski definition) is 1. The van der Waals surface area contributed by atoms with Gasteiger partial charge in [0.1, 0.15) is 0 Å². The quantitative estimate of drug-likeness (QED) is 0.880. The number of aliphatic hydroxyl groups is 1. The SMILES string of the molecule is CC(C)n1c(C(F)(F)F)nc2cc(C(=O)N3CC[C@H](O)C3(C)C)ccc21. The number of aliphatic hydroxyl groups excluding tert-OH is 1. The van der Waals surface area contributed by atoms with E-state index in [0.717, 1.165) is 4.57 Å². The zero-order valence-electron chi connectivity index (χ0n) is 15.1. The van der Waals surface area contributed by atoms with E-state index in [2.05, 4.69) is 4.98 Å². The topological polar surface area (TPSA) is 58.4 Å². The van der Waals surface area contributed by atoms with E-state index < -0.39 is 29.7 Å². The zero-order valence-corrected chi connectivity index (χ0v) is 15.1. The molecule has 1 amide bonds. The summed E-state index contributed by atoms with van der Waals surface area (Å²) in [6, 6.07) is 3.99. The van der Waals surface area contributed by atoms with Gasteiger partial charge in [0, 0.05) is 18.2 Å². The van der Waals surface area contributed by atoms with Crippen molar-refractivity contribution in [1.82, 2.24) is 14.5 Å². The third-order valence-electron chi connectivity index (χ3n) is 5.09. The van der Waals surface area contributed by atoms with E-state index in [-0.39, 0.29) is 17.0 Å². The first kappa shape index (κ1) is 18.7. The molecule has 0 radical (unpaired) electrons. The van der Waals surface area contributed by atoms with Gasteiger partial charge in [-0.15, -0.1) is 0 Å². The molecule has 3 rings (SSSR count). The second-order valence-electron chi connectivity index (χ2n) is 7.52. The second kappa shape index (κ2) is 5.97. The number of fused-ring (bicyclic) bond motifs is 1. The fraction of sp³-hybridized carbons (Fsp3) is 0.556. The van der Waals surface area contributed by atoms with Gasteiger partial charge in [0.2, 0.25) is 5.82 Å². The maximum Gasteiger partial charge on any atom is 0.449 e. The standard InChI is InChI=1S/C18H22F3N3O2/c1-10(2)24-13-6-5-11(9-12(13)22-16(24)18(19,20)21)15(26)23-8-7-14(25)17(23,3)4/h5-6,9-10,14,25H,7-8H2,1-4H3/t14-/m0/s1. The smallest absolute Gasteiger partial charge is 0.391 e. The van der Waals surface area contributed by atoms with E-state index in [0.29, 0.717) is 18.5 Å². The molecule has 1 saturated heterocycles. The predicted octanol–water partition coefficient (Wildman–Crippen LogP) is 3.62. The highest BCUT2D eigenvalue weighted by molar-refractivity contribution is 5.98. The summed E-state index contributed by atoms with van der Waals surface area (Å²) in [5.41, 5.74) is 0.0151. The number of likely N-dealkylation sites (tertiary alicyclic amines) is 1. The van der Waals surface area contributed by atoms with Crippen LogP contribution in [0.3, 0.4) is 0 Å². The molecule has 1 fully saturated rings. The molecule has 142 valence electrons. The van der Waals surface area contributed by atoms with Crippen LogP contribution in [-0.4, -0.2) is 43.7 Å². The van der Waals surface area contributed by atoms with E-state index >= 15 is 0 Å². The van der Waals surface area contributed by atoms with Crippen molar-refractivity contribution in [2.24, 2.45) is 0 Å². The summed E-state index contributed by atoms with van der Waals surface area (Å²) in [5, 5.41) is 10.1. The molecular formula is C18H22F3N3O2. The molecule has 1 aromatic carbocycles. The molecule has 0 bridgehead atoms. The lowest BCUT2D eigenvalue weighted by Crippen LogP contribution is -2.48. The molecule has 1 N–H and O–H groups in total. The minimum Gasteiger partial charge on any atom is -0.391 e. The third-order valence-corrected chi connectivity index (χ3v) is 5.09. The number of amides is 1. The van der Waals surface area contributed by atoms with E-state index in [1.54, 1.807) is 32.6 Å². The number of carbonyl (C=O) groups excluding carboxylic acids is 1. The van der Waals surface area contributed by atoms with Gasteiger partial charge >= 0.3 is 6.18 Å². The summed E-state index contributed by atoms with van der Waals surface area (Å²) in [6.45, 7) is 7.26. The van der Waals surface area contributed by atoms with Gasteiger partial charge in [-0.05, 0) is 52.3 Å². The highest BCUT2D eigenvalue weighted by Gasteiger charge is 2.43. The van der Waals surface area contributed by atoms with Crippen molar-refractivity contribution < 1.29 is 23.1 Å². The highest BCUT2D eigenvalue weighted by Crippen LogP contribution is 2.35. The number of carbonyl (C=O) groups is 1. The van der Waals surface area contributed by atoms with Gasteiger partial charge in [-0.25, -0.2) is 4.98 Å². The van der Waals surface area contributed by atoms with Gasteiger partial charge < -0.3 is 14.6 Å². The lowest BCUT2D eigenvalue weighted by Gasteiger charge is -2.33. The molecule has 26 heavy (non-hydrogen) atoms. The molecule has 0 spiro atoms. The van der Waals surface area contributed by atoms with Crippen molar-refractivity contribution in [3.05, 3.63) is 29.6 Å². The maximum absolute atomic E-state index is 13.3. The molecule has 5 nitrogen and oxygen atoms in total. The number of imidazole rings is 1. The molecular weight excluding hydrogens is 347 g/mol. The Bertz CT molecular complexity index is 855. The minimum absolute atomic E-state index is 0.134. The number of hydrogen-bond acceptors (Lipinski definition) is 3. The van der Waals surface area contributed by atoms with Gasteiger partial charge in [0.15, 0.2) is 0 Å². The summed E-state index contributed by atoms with van der Waals surface area (Å²) in [6.07, 6.45) is -4.73. The van der Waals surface area contributed by atoms with Gasteiger partial charge in [-0.3, -0.25) is 4.79 Å². The number of rotatable bonds is 2. The van der Waals surface area contributed by atoms with Crippen LogP contribution in [0.2, 0.25) is 0 Å². The van der Waals surface area contributed by atoms with Crippen LogP contribution in [0.15, 0.2) is 18.2 Å². The first-order valence-electron chi connectivity index (χ1n) is 8.53. The number of halogens is 3. The highest BCUT2D eigenvalue weighted by atomic mass is 19.4. The van der Waals surface area contributed by atoms with Gasteiger partial charge in [0.05, 0.1) is 22.7 Å². The van der Waals surface area contributed by atoms with Crippen LogP contribution in [0.25, 0.3) is 11.0 Å². The Morgan fingerprint density at radius 3 is 2.50 bits per heavy atom. The largest absolute Gasteiger partial charge is 0.449 e. The molecule has 1 aromatic heterocycles. The molecule has 0 saturated carbocycles.